The molecule has 0 radical (unpaired) electrons. The fourth-order valence-corrected chi connectivity index (χ4v) is 4.63. The molecule has 0 atom stereocenters. The van der Waals surface area contributed by atoms with Crippen molar-refractivity contribution < 1.29 is 22.7 Å². The lowest BCUT2D eigenvalue weighted by molar-refractivity contribution is 0.102. The molecule has 0 aliphatic heterocycles. The molecule has 0 saturated heterocycles. The number of aromatic nitrogens is 1. The summed E-state index contributed by atoms with van der Waals surface area (Å²) in [5.74, 6) is -1.10. The molecule has 1 amide bonds. The Hall–Kier alpha value is -2.23. The second-order valence-electron chi connectivity index (χ2n) is 6.59. The van der Waals surface area contributed by atoms with Gasteiger partial charge in [0.25, 0.3) is 5.91 Å². The Bertz CT molecular complexity index is 979. The predicted octanol–water partition coefficient (Wildman–Crippen LogP) is 3.17. The molecule has 0 unspecified atom stereocenters. The first-order valence-electron chi connectivity index (χ1n) is 8.67. The van der Waals surface area contributed by atoms with E-state index in [1.54, 1.807) is 0 Å². The summed E-state index contributed by atoms with van der Waals surface area (Å²) in [5.41, 5.74) is 0.475. The van der Waals surface area contributed by atoms with Crippen LogP contribution in [0.4, 0.5) is 15.9 Å². The molecule has 1 aliphatic rings. The van der Waals surface area contributed by atoms with Gasteiger partial charge >= 0.3 is 0 Å². The highest BCUT2D eigenvalue weighted by molar-refractivity contribution is 7.93. The quantitative estimate of drug-likeness (QED) is 0.679. The van der Waals surface area contributed by atoms with E-state index in [4.69, 9.17) is 11.6 Å². The van der Waals surface area contributed by atoms with E-state index in [1.165, 1.54) is 30.5 Å². The van der Waals surface area contributed by atoms with Crippen molar-refractivity contribution in [2.24, 2.45) is 0 Å². The molecule has 1 aromatic carbocycles. The normalized spacial score (nSPS) is 19.8. The molecule has 3 N–H and O–H groups in total. The summed E-state index contributed by atoms with van der Waals surface area (Å²) in [6, 6.07) is 6.51. The number of anilines is 2. The summed E-state index contributed by atoms with van der Waals surface area (Å²) in [7, 11) is -3.69. The minimum absolute atomic E-state index is 0.0240. The predicted molar refractivity (Wildman–Crippen MR) is 104 cm³/mol. The average Bonchev–Trinajstić information content (AvgIpc) is 2.65. The second kappa shape index (κ2) is 8.42. The van der Waals surface area contributed by atoms with Gasteiger partial charge in [0.05, 0.1) is 16.4 Å². The third-order valence-electron chi connectivity index (χ3n) is 4.53. The van der Waals surface area contributed by atoms with E-state index >= 15 is 0 Å². The first-order valence-corrected chi connectivity index (χ1v) is 10.6. The van der Waals surface area contributed by atoms with Crippen molar-refractivity contribution in [2.45, 2.75) is 37.0 Å². The topological polar surface area (TPSA) is 108 Å². The maximum Gasteiger partial charge on any atom is 0.255 e. The number of sulfonamides is 1. The molecule has 3 rings (SSSR count). The number of halogens is 2. The van der Waals surface area contributed by atoms with E-state index in [2.05, 4.69) is 15.0 Å². The average molecular weight is 428 g/mol. The van der Waals surface area contributed by atoms with Gasteiger partial charge in [0.15, 0.2) is 0 Å². The highest BCUT2D eigenvalue weighted by Gasteiger charge is 2.30. The summed E-state index contributed by atoms with van der Waals surface area (Å²) in [6.07, 6.45) is 2.44. The molecule has 1 aliphatic carbocycles. The Kier molecular flexibility index (Phi) is 6.17. The number of carbonyl (C=O) groups excluding carboxylic acids is 1. The second-order valence-corrected chi connectivity index (χ2v) is 8.96. The smallest absolute Gasteiger partial charge is 0.255 e. The maximum absolute atomic E-state index is 13.2. The zero-order valence-corrected chi connectivity index (χ0v) is 16.3. The van der Waals surface area contributed by atoms with E-state index in [9.17, 15) is 22.7 Å². The number of nitrogens with one attached hydrogen (secondary N) is 2. The molecule has 0 bridgehead atoms. The first-order chi connectivity index (χ1) is 13.2. The number of rotatable bonds is 5. The van der Waals surface area contributed by atoms with Crippen LogP contribution in [-0.2, 0) is 10.0 Å². The molecule has 150 valence electrons. The number of aliphatic hydroxyl groups excluding tert-OH is 1. The van der Waals surface area contributed by atoms with Crippen molar-refractivity contribution in [1.82, 2.24) is 4.98 Å². The van der Waals surface area contributed by atoms with Crippen LogP contribution in [0.2, 0.25) is 5.02 Å². The number of hydrogen-bond acceptors (Lipinski definition) is 5. The number of benzene rings is 1. The summed E-state index contributed by atoms with van der Waals surface area (Å²) < 4.78 is 40.7. The summed E-state index contributed by atoms with van der Waals surface area (Å²) in [5, 5.41) is 11.4. The number of amides is 1. The lowest BCUT2D eigenvalue weighted by Crippen LogP contribution is -2.33. The molecule has 2 aromatic rings. The van der Waals surface area contributed by atoms with Crippen LogP contribution in [0.25, 0.3) is 0 Å². The summed E-state index contributed by atoms with van der Waals surface area (Å²) in [4.78, 5) is 16.3. The van der Waals surface area contributed by atoms with E-state index in [0.717, 1.165) is 6.07 Å². The minimum atomic E-state index is -3.69. The van der Waals surface area contributed by atoms with E-state index < -0.39 is 33.1 Å². The largest absolute Gasteiger partial charge is 0.393 e. The first kappa shape index (κ1) is 20.5. The molecule has 1 heterocycles. The lowest BCUT2D eigenvalue weighted by atomic mass is 9.97. The van der Waals surface area contributed by atoms with Gasteiger partial charge in [-0.25, -0.2) is 17.8 Å². The van der Waals surface area contributed by atoms with Crippen LogP contribution in [0.5, 0.6) is 0 Å². The van der Waals surface area contributed by atoms with Crippen LogP contribution in [0.15, 0.2) is 36.5 Å². The molecular weight excluding hydrogens is 409 g/mol. The van der Waals surface area contributed by atoms with Crippen molar-refractivity contribution in [3.63, 3.8) is 0 Å². The Morgan fingerprint density at radius 1 is 1.18 bits per heavy atom. The molecule has 1 aromatic heterocycles. The lowest BCUT2D eigenvalue weighted by Gasteiger charge is -2.25. The summed E-state index contributed by atoms with van der Waals surface area (Å²) in [6.45, 7) is 0. The summed E-state index contributed by atoms with van der Waals surface area (Å²) >= 11 is 5.70. The Morgan fingerprint density at radius 2 is 1.89 bits per heavy atom. The van der Waals surface area contributed by atoms with E-state index in [0.29, 0.717) is 31.4 Å². The van der Waals surface area contributed by atoms with Crippen molar-refractivity contribution in [2.75, 3.05) is 10.0 Å². The molecule has 28 heavy (non-hydrogen) atoms. The fraction of sp³-hybridized carbons (Fsp3) is 0.333. The highest BCUT2D eigenvalue weighted by atomic mass is 35.5. The van der Waals surface area contributed by atoms with Crippen LogP contribution in [0.1, 0.15) is 36.0 Å². The van der Waals surface area contributed by atoms with Gasteiger partial charge < -0.3 is 10.4 Å². The van der Waals surface area contributed by atoms with Gasteiger partial charge in [-0.05, 0) is 56.0 Å². The monoisotopic (exact) mass is 427 g/mol. The molecule has 10 heteroatoms. The standard InChI is InChI=1S/C18H19ClFN3O4S/c19-15-10-12(1-6-16(15)20)22-18(25)11-7-8-21-17(9-11)23-28(26,27)14-4-2-13(24)3-5-14/h1,6-10,13-14,24H,2-5H2,(H,21,23)(H,22,25). The van der Waals surface area contributed by atoms with Gasteiger partial charge in [-0.1, -0.05) is 11.6 Å². The molecular formula is C18H19ClFN3O4S. The van der Waals surface area contributed by atoms with Gasteiger partial charge in [-0.15, -0.1) is 0 Å². The van der Waals surface area contributed by atoms with Crippen LogP contribution >= 0.6 is 11.6 Å². The minimum Gasteiger partial charge on any atom is -0.393 e. The molecule has 1 fully saturated rings. The number of nitrogens with zero attached hydrogens (tertiary/aromatic N) is 1. The van der Waals surface area contributed by atoms with E-state index in [1.807, 2.05) is 0 Å². The number of pyridine rings is 1. The Labute approximate surface area is 167 Å². The van der Waals surface area contributed by atoms with E-state index in [-0.39, 0.29) is 16.4 Å². The van der Waals surface area contributed by atoms with Gasteiger partial charge in [0.1, 0.15) is 11.6 Å². The third kappa shape index (κ3) is 4.98. The zero-order valence-electron chi connectivity index (χ0n) is 14.7. The maximum atomic E-state index is 13.2. The van der Waals surface area contributed by atoms with Crippen LogP contribution in [0, 0.1) is 5.82 Å². The van der Waals surface area contributed by atoms with Crippen LogP contribution < -0.4 is 10.0 Å². The van der Waals surface area contributed by atoms with Crippen molar-refractivity contribution in [1.29, 1.82) is 0 Å². The zero-order chi connectivity index (χ0) is 20.3. The number of hydrogen-bond donors (Lipinski definition) is 3. The van der Waals surface area contributed by atoms with Crippen LogP contribution in [-0.4, -0.2) is 35.8 Å². The van der Waals surface area contributed by atoms with Gasteiger partial charge in [0.2, 0.25) is 10.0 Å². The highest BCUT2D eigenvalue weighted by Crippen LogP contribution is 2.25. The van der Waals surface area contributed by atoms with Gasteiger partial charge in [-0.3, -0.25) is 9.52 Å². The van der Waals surface area contributed by atoms with Crippen molar-refractivity contribution in [3.05, 3.63) is 52.9 Å². The van der Waals surface area contributed by atoms with Crippen molar-refractivity contribution >= 4 is 39.0 Å². The molecule has 1 saturated carbocycles. The van der Waals surface area contributed by atoms with Gasteiger partial charge in [-0.2, -0.15) is 0 Å². The van der Waals surface area contributed by atoms with Crippen molar-refractivity contribution in [3.8, 4) is 0 Å². The Morgan fingerprint density at radius 3 is 2.57 bits per heavy atom. The van der Waals surface area contributed by atoms with Crippen LogP contribution in [0.3, 0.4) is 0 Å². The SMILES string of the molecule is O=C(Nc1ccc(F)c(Cl)c1)c1ccnc(NS(=O)(=O)C2CCC(O)CC2)c1. The molecule has 0 spiro atoms. The Balaban J connectivity index is 1.71. The van der Waals surface area contributed by atoms with Gasteiger partial charge in [0, 0.05) is 17.4 Å². The number of aliphatic hydroxyl groups is 1. The molecule has 7 nitrogen and oxygen atoms in total. The number of carbonyl (C=O) groups is 1. The third-order valence-corrected chi connectivity index (χ3v) is 6.66. The fourth-order valence-electron chi connectivity index (χ4n) is 2.99.